The van der Waals surface area contributed by atoms with Gasteiger partial charge in [0.15, 0.2) is 0 Å². The average Bonchev–Trinajstić information content (AvgIpc) is 2.37. The molecule has 108 valence electrons. The maximum Gasteiger partial charge on any atom is 0.253 e. The van der Waals surface area contributed by atoms with E-state index in [1.807, 2.05) is 6.07 Å². The van der Waals surface area contributed by atoms with Crippen molar-refractivity contribution < 1.29 is 4.79 Å². The molecule has 2 fully saturated rings. The maximum atomic E-state index is 12.3. The average molecular weight is 358 g/mol. The molecule has 1 saturated carbocycles. The fourth-order valence-electron chi connectivity index (χ4n) is 3.20. The van der Waals surface area contributed by atoms with Crippen LogP contribution in [0.3, 0.4) is 0 Å². The van der Waals surface area contributed by atoms with Gasteiger partial charge in [0.1, 0.15) is 0 Å². The van der Waals surface area contributed by atoms with Crippen LogP contribution in [0.2, 0.25) is 5.02 Å². The number of benzene rings is 1. The van der Waals surface area contributed by atoms with E-state index >= 15 is 0 Å². The summed E-state index contributed by atoms with van der Waals surface area (Å²) in [5, 5.41) is 7.24. The first-order valence-corrected chi connectivity index (χ1v) is 8.26. The highest BCUT2D eigenvalue weighted by atomic mass is 79.9. The molecule has 1 aromatic rings. The lowest BCUT2D eigenvalue weighted by molar-refractivity contribution is 0.0853. The van der Waals surface area contributed by atoms with Crippen LogP contribution in [0.4, 0.5) is 0 Å². The predicted molar refractivity (Wildman–Crippen MR) is 84.2 cm³/mol. The maximum absolute atomic E-state index is 12.3. The van der Waals surface area contributed by atoms with Gasteiger partial charge in [0.25, 0.3) is 5.91 Å². The summed E-state index contributed by atoms with van der Waals surface area (Å²) in [6.45, 7) is 0.985. The van der Waals surface area contributed by atoms with Crippen molar-refractivity contribution in [3.8, 4) is 0 Å². The van der Waals surface area contributed by atoms with Crippen molar-refractivity contribution in [2.45, 2.75) is 43.7 Å². The monoisotopic (exact) mass is 356 g/mol. The van der Waals surface area contributed by atoms with Gasteiger partial charge in [-0.3, -0.25) is 4.79 Å². The molecule has 0 bridgehead atoms. The van der Waals surface area contributed by atoms with Crippen LogP contribution in [-0.4, -0.2) is 24.0 Å². The Hall–Kier alpha value is -0.580. The largest absolute Gasteiger partial charge is 0.349 e. The quantitative estimate of drug-likeness (QED) is 0.850. The van der Waals surface area contributed by atoms with Crippen LogP contribution in [0.5, 0.6) is 0 Å². The second kappa shape index (κ2) is 5.66. The highest BCUT2D eigenvalue weighted by Gasteiger charge is 2.41. The molecule has 1 atom stereocenters. The summed E-state index contributed by atoms with van der Waals surface area (Å²) in [4.78, 5) is 12.3. The molecule has 5 heteroatoms. The van der Waals surface area contributed by atoms with E-state index in [1.165, 1.54) is 19.3 Å². The fourth-order valence-corrected chi connectivity index (χ4v) is 3.96. The lowest BCUT2D eigenvalue weighted by atomic mass is 9.70. The first kappa shape index (κ1) is 14.4. The second-order valence-corrected chi connectivity index (χ2v) is 7.17. The molecule has 3 nitrogen and oxygen atoms in total. The van der Waals surface area contributed by atoms with Crippen molar-refractivity contribution in [3.63, 3.8) is 0 Å². The molecule has 2 N–H and O–H groups in total. The molecule has 1 aliphatic carbocycles. The molecule has 1 aliphatic heterocycles. The number of rotatable bonds is 2. The van der Waals surface area contributed by atoms with Crippen LogP contribution in [0, 0.1) is 0 Å². The molecule has 1 heterocycles. The summed E-state index contributed by atoms with van der Waals surface area (Å²) in [6.07, 6.45) is 5.79. The Morgan fingerprint density at radius 2 is 2.25 bits per heavy atom. The Bertz CT molecular complexity index is 531. The van der Waals surface area contributed by atoms with Crippen molar-refractivity contribution in [3.05, 3.63) is 33.3 Å². The molecule has 0 radical (unpaired) electrons. The molecule has 1 amide bonds. The first-order chi connectivity index (χ1) is 9.58. The van der Waals surface area contributed by atoms with Gasteiger partial charge in [0, 0.05) is 16.1 Å². The van der Waals surface area contributed by atoms with E-state index in [1.54, 1.807) is 12.1 Å². The minimum atomic E-state index is -0.0659. The van der Waals surface area contributed by atoms with E-state index in [-0.39, 0.29) is 11.9 Å². The SMILES string of the molecule is O=C(NC1CCNC2(CCC2)C1)c1ccc(Br)cc1Cl. The van der Waals surface area contributed by atoms with E-state index in [0.29, 0.717) is 16.1 Å². The number of amides is 1. The molecule has 1 spiro atoms. The van der Waals surface area contributed by atoms with Crippen LogP contribution in [0.15, 0.2) is 22.7 Å². The third kappa shape index (κ3) is 2.87. The third-order valence-electron chi connectivity index (χ3n) is 4.45. The van der Waals surface area contributed by atoms with Crippen LogP contribution >= 0.6 is 27.5 Å². The van der Waals surface area contributed by atoms with Crippen LogP contribution in [-0.2, 0) is 0 Å². The molecule has 1 saturated heterocycles. The first-order valence-electron chi connectivity index (χ1n) is 7.09. The molecule has 0 aromatic heterocycles. The predicted octanol–water partition coefficient (Wildman–Crippen LogP) is 3.51. The topological polar surface area (TPSA) is 41.1 Å². The van der Waals surface area contributed by atoms with Crippen molar-refractivity contribution in [1.82, 2.24) is 10.6 Å². The molecule has 1 aromatic carbocycles. The highest BCUT2D eigenvalue weighted by Crippen LogP contribution is 2.38. The van der Waals surface area contributed by atoms with Gasteiger partial charge in [-0.2, -0.15) is 0 Å². The fraction of sp³-hybridized carbons (Fsp3) is 0.533. The van der Waals surface area contributed by atoms with Gasteiger partial charge in [-0.1, -0.05) is 27.5 Å². The summed E-state index contributed by atoms with van der Waals surface area (Å²) >= 11 is 9.48. The van der Waals surface area contributed by atoms with Crippen molar-refractivity contribution in [2.75, 3.05) is 6.54 Å². The molecular weight excluding hydrogens is 340 g/mol. The number of piperidine rings is 1. The Morgan fingerprint density at radius 1 is 1.45 bits per heavy atom. The molecular formula is C15H18BrClN2O. The zero-order valence-corrected chi connectivity index (χ0v) is 13.6. The standard InChI is InChI=1S/C15H18BrClN2O/c16-10-2-3-12(13(17)8-10)14(20)19-11-4-7-18-15(9-11)5-1-6-15/h2-3,8,11,18H,1,4-7,9H2,(H,19,20). The van der Waals surface area contributed by atoms with Gasteiger partial charge in [-0.25, -0.2) is 0 Å². The molecule has 1 unspecified atom stereocenters. The van der Waals surface area contributed by atoms with Crippen molar-refractivity contribution in [2.24, 2.45) is 0 Å². The van der Waals surface area contributed by atoms with Gasteiger partial charge >= 0.3 is 0 Å². The summed E-state index contributed by atoms with van der Waals surface area (Å²) in [5.74, 6) is -0.0659. The molecule has 2 aliphatic rings. The van der Waals surface area contributed by atoms with E-state index < -0.39 is 0 Å². The van der Waals surface area contributed by atoms with E-state index in [0.717, 1.165) is 23.9 Å². The smallest absolute Gasteiger partial charge is 0.253 e. The molecule has 3 rings (SSSR count). The number of nitrogens with one attached hydrogen (secondary N) is 2. The Kier molecular flexibility index (Phi) is 4.07. The van der Waals surface area contributed by atoms with Gasteiger partial charge in [-0.05, 0) is 56.8 Å². The van der Waals surface area contributed by atoms with E-state index in [9.17, 15) is 4.79 Å². The summed E-state index contributed by atoms with van der Waals surface area (Å²) in [5.41, 5.74) is 0.843. The zero-order chi connectivity index (χ0) is 14.2. The molecule has 20 heavy (non-hydrogen) atoms. The number of hydrogen-bond donors (Lipinski definition) is 2. The summed E-state index contributed by atoms with van der Waals surface area (Å²) in [7, 11) is 0. The van der Waals surface area contributed by atoms with Gasteiger partial charge < -0.3 is 10.6 Å². The number of hydrogen-bond acceptors (Lipinski definition) is 2. The van der Waals surface area contributed by atoms with E-state index in [4.69, 9.17) is 11.6 Å². The minimum Gasteiger partial charge on any atom is -0.349 e. The Labute approximate surface area is 132 Å². The third-order valence-corrected chi connectivity index (χ3v) is 5.26. The Balaban J connectivity index is 1.66. The van der Waals surface area contributed by atoms with Crippen LogP contribution in [0.25, 0.3) is 0 Å². The van der Waals surface area contributed by atoms with Crippen molar-refractivity contribution >= 4 is 33.4 Å². The summed E-state index contributed by atoms with van der Waals surface area (Å²) in [6, 6.07) is 5.62. The second-order valence-electron chi connectivity index (χ2n) is 5.85. The lowest BCUT2D eigenvalue weighted by Gasteiger charge is -2.48. The van der Waals surface area contributed by atoms with Crippen LogP contribution < -0.4 is 10.6 Å². The minimum absolute atomic E-state index is 0.0659. The Morgan fingerprint density at radius 3 is 2.90 bits per heavy atom. The number of halogens is 2. The number of carbonyl (C=O) groups is 1. The van der Waals surface area contributed by atoms with Crippen LogP contribution in [0.1, 0.15) is 42.5 Å². The van der Waals surface area contributed by atoms with Gasteiger partial charge in [-0.15, -0.1) is 0 Å². The van der Waals surface area contributed by atoms with Crippen molar-refractivity contribution in [1.29, 1.82) is 0 Å². The summed E-state index contributed by atoms with van der Waals surface area (Å²) < 4.78 is 0.884. The van der Waals surface area contributed by atoms with Gasteiger partial charge in [0.2, 0.25) is 0 Å². The normalized spacial score (nSPS) is 24.2. The van der Waals surface area contributed by atoms with Gasteiger partial charge in [0.05, 0.1) is 10.6 Å². The highest BCUT2D eigenvalue weighted by molar-refractivity contribution is 9.10. The zero-order valence-electron chi connectivity index (χ0n) is 11.2. The lowest BCUT2D eigenvalue weighted by Crippen LogP contribution is -2.59. The number of carbonyl (C=O) groups excluding carboxylic acids is 1. The van der Waals surface area contributed by atoms with E-state index in [2.05, 4.69) is 26.6 Å².